The van der Waals surface area contributed by atoms with Gasteiger partial charge in [-0.05, 0) is 69.4 Å². The number of hydrogen-bond acceptors (Lipinski definition) is 9. The van der Waals surface area contributed by atoms with Crippen LogP contribution in [0.2, 0.25) is 0 Å². The standard InChI is InChI=1S/C34H30BrN3O7/c1-21-25(3-2-4-28(21)24-5-6-30-33(11-24)43-8-7-42-30)20-45-32-12-31(44-19-23-9-22(13-36)14-37-15-23)26(10-29(32)35)16-38-17-27(18-39)34(40)41/h2-6,9-12,14-15,17,27,39H,7-8,16,18-20H2,1H3,(H,40,41). The number of rotatable bonds is 12. The van der Waals surface area contributed by atoms with Gasteiger partial charge in [-0.15, -0.1) is 0 Å². The molecule has 2 heterocycles. The second-order valence-corrected chi connectivity index (χ2v) is 11.1. The van der Waals surface area contributed by atoms with E-state index < -0.39 is 18.5 Å². The number of aliphatic carboxylic acids is 1. The van der Waals surface area contributed by atoms with E-state index in [1.165, 1.54) is 12.4 Å². The van der Waals surface area contributed by atoms with Crippen molar-refractivity contribution in [3.8, 4) is 40.2 Å². The van der Waals surface area contributed by atoms with Crippen LogP contribution in [0.1, 0.15) is 27.8 Å². The minimum atomic E-state index is -1.17. The lowest BCUT2D eigenvalue weighted by molar-refractivity contribution is -0.140. The summed E-state index contributed by atoms with van der Waals surface area (Å²) < 4.78 is 24.5. The van der Waals surface area contributed by atoms with Gasteiger partial charge in [-0.2, -0.15) is 5.26 Å². The van der Waals surface area contributed by atoms with Gasteiger partial charge < -0.3 is 29.2 Å². The molecule has 0 amide bonds. The first kappa shape index (κ1) is 31.5. The van der Waals surface area contributed by atoms with E-state index in [1.54, 1.807) is 24.4 Å². The number of aliphatic imine (C=N–C) groups is 1. The van der Waals surface area contributed by atoms with Gasteiger partial charge in [0, 0.05) is 35.8 Å². The Bertz CT molecular complexity index is 1770. The fourth-order valence-corrected chi connectivity index (χ4v) is 5.22. The first-order chi connectivity index (χ1) is 21.9. The predicted molar refractivity (Wildman–Crippen MR) is 170 cm³/mol. The zero-order valence-corrected chi connectivity index (χ0v) is 26.0. The van der Waals surface area contributed by atoms with Gasteiger partial charge in [0.15, 0.2) is 11.5 Å². The molecule has 0 aliphatic carbocycles. The summed E-state index contributed by atoms with van der Waals surface area (Å²) in [4.78, 5) is 19.6. The van der Waals surface area contributed by atoms with E-state index in [1.807, 2.05) is 30.3 Å². The summed E-state index contributed by atoms with van der Waals surface area (Å²) in [5.41, 5.74) is 5.91. The van der Waals surface area contributed by atoms with Crippen molar-refractivity contribution >= 4 is 28.1 Å². The molecule has 1 aliphatic rings. The van der Waals surface area contributed by atoms with Gasteiger partial charge in [0.1, 0.15) is 49.9 Å². The van der Waals surface area contributed by atoms with Gasteiger partial charge >= 0.3 is 5.97 Å². The average molecular weight is 673 g/mol. The number of nitriles is 1. The highest BCUT2D eigenvalue weighted by Crippen LogP contribution is 2.37. The summed E-state index contributed by atoms with van der Waals surface area (Å²) in [6.45, 7) is 3.06. The molecule has 230 valence electrons. The maximum absolute atomic E-state index is 11.3. The molecule has 11 heteroatoms. The van der Waals surface area contributed by atoms with Crippen molar-refractivity contribution in [3.63, 3.8) is 0 Å². The lowest BCUT2D eigenvalue weighted by Crippen LogP contribution is -2.19. The second kappa shape index (κ2) is 14.7. The van der Waals surface area contributed by atoms with Gasteiger partial charge in [-0.25, -0.2) is 0 Å². The van der Waals surface area contributed by atoms with Crippen LogP contribution in [-0.4, -0.2) is 47.2 Å². The van der Waals surface area contributed by atoms with E-state index in [4.69, 9.17) is 18.9 Å². The summed E-state index contributed by atoms with van der Waals surface area (Å²) in [6.07, 6.45) is 4.30. The molecule has 0 fully saturated rings. The van der Waals surface area contributed by atoms with Crippen LogP contribution < -0.4 is 18.9 Å². The van der Waals surface area contributed by atoms with Crippen LogP contribution in [0.25, 0.3) is 11.1 Å². The zero-order valence-electron chi connectivity index (χ0n) is 24.4. The van der Waals surface area contributed by atoms with E-state index in [0.29, 0.717) is 45.9 Å². The fraction of sp³-hybridized carbons (Fsp3) is 0.235. The van der Waals surface area contributed by atoms with Gasteiger partial charge in [0.2, 0.25) is 0 Å². The van der Waals surface area contributed by atoms with Gasteiger partial charge in [0.05, 0.1) is 23.2 Å². The van der Waals surface area contributed by atoms with E-state index in [-0.39, 0.29) is 19.8 Å². The van der Waals surface area contributed by atoms with Crippen LogP contribution in [0.4, 0.5) is 0 Å². The van der Waals surface area contributed by atoms with Crippen LogP contribution >= 0.6 is 15.9 Å². The molecular formula is C34H30BrN3O7. The SMILES string of the molecule is Cc1c(COc2cc(OCc3cncc(C#N)c3)c(CN=CC(CO)C(=O)O)cc2Br)cccc1-c1ccc2c(c1)OCCO2. The summed E-state index contributed by atoms with van der Waals surface area (Å²) in [6, 6.07) is 19.3. The number of nitrogens with zero attached hydrogens (tertiary/aromatic N) is 3. The van der Waals surface area contributed by atoms with Crippen LogP contribution in [0.5, 0.6) is 23.0 Å². The normalized spacial score (nSPS) is 12.8. The summed E-state index contributed by atoms with van der Waals surface area (Å²) in [5.74, 6) is 0.186. The quantitative estimate of drug-likeness (QED) is 0.176. The van der Waals surface area contributed by atoms with Crippen molar-refractivity contribution in [2.75, 3.05) is 19.8 Å². The molecule has 0 saturated heterocycles. The van der Waals surface area contributed by atoms with Crippen LogP contribution in [0, 0.1) is 24.2 Å². The Hall–Kier alpha value is -4.92. The highest BCUT2D eigenvalue weighted by Gasteiger charge is 2.17. The Kier molecular flexibility index (Phi) is 10.3. The number of aliphatic hydroxyl groups excluding tert-OH is 1. The molecule has 0 saturated carbocycles. The van der Waals surface area contributed by atoms with Crippen molar-refractivity contribution < 1.29 is 34.0 Å². The Labute approximate surface area is 268 Å². The molecule has 45 heavy (non-hydrogen) atoms. The molecule has 3 aromatic carbocycles. The molecule has 1 aliphatic heterocycles. The Morgan fingerprint density at radius 3 is 2.64 bits per heavy atom. The number of ether oxygens (including phenoxy) is 4. The molecule has 5 rings (SSSR count). The molecule has 1 aromatic heterocycles. The number of pyridine rings is 1. The number of carboxylic acid groups (broad SMARTS) is 1. The number of aliphatic hydroxyl groups is 1. The third-order valence-electron chi connectivity index (χ3n) is 7.18. The minimum absolute atomic E-state index is 0.102. The molecule has 4 aromatic rings. The van der Waals surface area contributed by atoms with E-state index >= 15 is 0 Å². The molecule has 1 atom stereocenters. The lowest BCUT2D eigenvalue weighted by Gasteiger charge is -2.20. The summed E-state index contributed by atoms with van der Waals surface area (Å²) in [7, 11) is 0. The third kappa shape index (κ3) is 7.78. The number of carbonyl (C=O) groups is 1. The van der Waals surface area contributed by atoms with Crippen LogP contribution in [0.3, 0.4) is 0 Å². The van der Waals surface area contributed by atoms with E-state index in [9.17, 15) is 20.3 Å². The molecule has 2 N–H and O–H groups in total. The van der Waals surface area contributed by atoms with Crippen LogP contribution in [-0.2, 0) is 24.6 Å². The van der Waals surface area contributed by atoms with Crippen LogP contribution in [0.15, 0.2) is 76.5 Å². The molecular weight excluding hydrogens is 642 g/mol. The van der Waals surface area contributed by atoms with Crippen molar-refractivity contribution in [3.05, 3.63) is 99.3 Å². The topological polar surface area (TPSA) is 143 Å². The third-order valence-corrected chi connectivity index (χ3v) is 7.80. The maximum atomic E-state index is 11.3. The zero-order chi connectivity index (χ0) is 31.8. The van der Waals surface area contributed by atoms with Crippen molar-refractivity contribution in [2.45, 2.75) is 26.7 Å². The van der Waals surface area contributed by atoms with Gasteiger partial charge in [-0.3, -0.25) is 14.8 Å². The molecule has 1 unspecified atom stereocenters. The van der Waals surface area contributed by atoms with E-state index in [2.05, 4.69) is 45.0 Å². The number of aromatic nitrogens is 1. The molecule has 10 nitrogen and oxygen atoms in total. The molecule has 0 spiro atoms. The number of benzene rings is 3. The second-order valence-electron chi connectivity index (χ2n) is 10.2. The number of fused-ring (bicyclic) bond motifs is 1. The number of carboxylic acids is 1. The highest BCUT2D eigenvalue weighted by atomic mass is 79.9. The number of hydrogen-bond donors (Lipinski definition) is 2. The van der Waals surface area contributed by atoms with Crippen molar-refractivity contribution in [1.82, 2.24) is 4.98 Å². The molecule has 0 radical (unpaired) electrons. The number of halogens is 1. The van der Waals surface area contributed by atoms with Gasteiger partial charge in [0.25, 0.3) is 0 Å². The Morgan fingerprint density at radius 2 is 1.87 bits per heavy atom. The van der Waals surface area contributed by atoms with Crippen molar-refractivity contribution in [1.29, 1.82) is 5.26 Å². The van der Waals surface area contributed by atoms with E-state index in [0.717, 1.165) is 33.8 Å². The Balaban J connectivity index is 1.38. The first-order valence-corrected chi connectivity index (χ1v) is 14.9. The Morgan fingerprint density at radius 1 is 1.07 bits per heavy atom. The smallest absolute Gasteiger partial charge is 0.314 e. The van der Waals surface area contributed by atoms with Gasteiger partial charge in [-0.1, -0.05) is 24.3 Å². The largest absolute Gasteiger partial charge is 0.488 e. The fourth-order valence-electron chi connectivity index (χ4n) is 4.72. The van der Waals surface area contributed by atoms with Crippen molar-refractivity contribution in [2.24, 2.45) is 10.9 Å². The predicted octanol–water partition coefficient (Wildman–Crippen LogP) is 5.88. The highest BCUT2D eigenvalue weighted by molar-refractivity contribution is 9.10. The average Bonchev–Trinajstić information content (AvgIpc) is 3.06. The monoisotopic (exact) mass is 671 g/mol. The first-order valence-electron chi connectivity index (χ1n) is 14.1. The summed E-state index contributed by atoms with van der Waals surface area (Å²) in [5, 5.41) is 27.8. The maximum Gasteiger partial charge on any atom is 0.314 e. The lowest BCUT2D eigenvalue weighted by atomic mass is 9.96. The summed E-state index contributed by atoms with van der Waals surface area (Å²) >= 11 is 3.59. The minimum Gasteiger partial charge on any atom is -0.488 e. The molecule has 0 bridgehead atoms.